The Balaban J connectivity index is 2.02. The van der Waals surface area contributed by atoms with E-state index in [2.05, 4.69) is 5.32 Å². The van der Waals surface area contributed by atoms with Gasteiger partial charge < -0.3 is 10.1 Å². The summed E-state index contributed by atoms with van der Waals surface area (Å²) in [7, 11) is 1.58. The summed E-state index contributed by atoms with van der Waals surface area (Å²) in [6.07, 6.45) is 3.33. The number of nitrogens with one attached hydrogen (secondary N) is 2. The second-order valence-corrected chi connectivity index (χ2v) is 7.45. The molecule has 0 heterocycles. The molecule has 0 bridgehead atoms. The van der Waals surface area contributed by atoms with E-state index >= 15 is 0 Å². The molecular weight excluding hydrogens is 429 g/mol. The number of urea groups is 1. The summed E-state index contributed by atoms with van der Waals surface area (Å²) in [5, 5.41) is 12.2. The number of anilines is 2. The molecule has 3 N–H and O–H groups in total. The van der Waals surface area contributed by atoms with Crippen LogP contribution >= 0.6 is 23.2 Å². The SMILES string of the molecule is COc1ccc(N(CCCCCCC(=O)NO)C(=O)Nc2ccc(Cl)cc2Cl)cc1. The number of methoxy groups -OCH3 is 1. The minimum atomic E-state index is -0.394. The summed E-state index contributed by atoms with van der Waals surface area (Å²) in [4.78, 5) is 25.6. The third-order valence-electron chi connectivity index (χ3n) is 4.46. The van der Waals surface area contributed by atoms with Gasteiger partial charge in [0.1, 0.15) is 5.75 Å². The van der Waals surface area contributed by atoms with E-state index in [9.17, 15) is 9.59 Å². The minimum Gasteiger partial charge on any atom is -0.497 e. The number of carbonyl (C=O) groups is 2. The van der Waals surface area contributed by atoms with Gasteiger partial charge in [0.25, 0.3) is 0 Å². The van der Waals surface area contributed by atoms with Gasteiger partial charge in [-0.25, -0.2) is 10.3 Å². The molecular formula is C21H25Cl2N3O4. The first-order chi connectivity index (χ1) is 14.4. The lowest BCUT2D eigenvalue weighted by Gasteiger charge is -2.24. The Morgan fingerprint density at radius 2 is 1.73 bits per heavy atom. The number of amides is 3. The van der Waals surface area contributed by atoms with Gasteiger partial charge in [-0.1, -0.05) is 36.0 Å². The molecule has 30 heavy (non-hydrogen) atoms. The summed E-state index contributed by atoms with van der Waals surface area (Å²) in [5.74, 6) is 0.302. The summed E-state index contributed by atoms with van der Waals surface area (Å²) < 4.78 is 5.19. The van der Waals surface area contributed by atoms with Crippen molar-refractivity contribution in [3.63, 3.8) is 0 Å². The second kappa shape index (κ2) is 12.3. The number of carbonyl (C=O) groups excluding carboxylic acids is 2. The van der Waals surface area contributed by atoms with Gasteiger partial charge in [-0.05, 0) is 55.3 Å². The lowest BCUT2D eigenvalue weighted by atomic mass is 10.1. The maximum absolute atomic E-state index is 13.0. The first-order valence-electron chi connectivity index (χ1n) is 9.55. The van der Waals surface area contributed by atoms with Crippen LogP contribution in [0, 0.1) is 0 Å². The molecule has 2 aromatic rings. The summed E-state index contributed by atoms with van der Waals surface area (Å²) in [5.41, 5.74) is 2.81. The van der Waals surface area contributed by atoms with Crippen LogP contribution in [-0.4, -0.2) is 30.8 Å². The van der Waals surface area contributed by atoms with E-state index in [1.54, 1.807) is 47.8 Å². The van der Waals surface area contributed by atoms with Crippen molar-refractivity contribution >= 4 is 46.5 Å². The molecule has 0 radical (unpaired) electrons. The number of hydrogen-bond acceptors (Lipinski definition) is 4. The average molecular weight is 454 g/mol. The Morgan fingerprint density at radius 3 is 2.37 bits per heavy atom. The van der Waals surface area contributed by atoms with Gasteiger partial charge in [0.05, 0.1) is 17.8 Å². The van der Waals surface area contributed by atoms with Gasteiger partial charge in [0.2, 0.25) is 5.91 Å². The van der Waals surface area contributed by atoms with E-state index in [-0.39, 0.29) is 12.5 Å². The maximum Gasteiger partial charge on any atom is 0.326 e. The molecule has 162 valence electrons. The molecule has 0 aromatic heterocycles. The van der Waals surface area contributed by atoms with Crippen molar-refractivity contribution in [2.75, 3.05) is 23.9 Å². The van der Waals surface area contributed by atoms with Gasteiger partial charge in [-0.3, -0.25) is 14.9 Å². The third kappa shape index (κ3) is 7.40. The summed E-state index contributed by atoms with van der Waals surface area (Å²) >= 11 is 12.1. The number of benzene rings is 2. The predicted molar refractivity (Wildman–Crippen MR) is 119 cm³/mol. The number of halogens is 2. The summed E-state index contributed by atoms with van der Waals surface area (Å²) in [6.45, 7) is 0.482. The van der Waals surface area contributed by atoms with Crippen molar-refractivity contribution in [3.8, 4) is 5.75 Å². The van der Waals surface area contributed by atoms with E-state index < -0.39 is 5.91 Å². The number of hydrogen-bond donors (Lipinski definition) is 3. The highest BCUT2D eigenvalue weighted by molar-refractivity contribution is 6.36. The number of rotatable bonds is 10. The topological polar surface area (TPSA) is 90.9 Å². The van der Waals surface area contributed by atoms with Crippen molar-refractivity contribution in [3.05, 3.63) is 52.5 Å². The number of nitrogens with zero attached hydrogens (tertiary/aromatic N) is 1. The molecule has 0 unspecified atom stereocenters. The number of hydroxylamine groups is 1. The zero-order valence-corrected chi connectivity index (χ0v) is 18.2. The molecule has 0 atom stereocenters. The van der Waals surface area contributed by atoms with Crippen molar-refractivity contribution < 1.29 is 19.5 Å². The average Bonchev–Trinajstić information content (AvgIpc) is 2.75. The van der Waals surface area contributed by atoms with Crippen LogP contribution in [0.15, 0.2) is 42.5 Å². The quantitative estimate of drug-likeness (QED) is 0.251. The largest absolute Gasteiger partial charge is 0.497 e. The second-order valence-electron chi connectivity index (χ2n) is 6.60. The summed E-state index contributed by atoms with van der Waals surface area (Å²) in [6, 6.07) is 11.8. The lowest BCUT2D eigenvalue weighted by molar-refractivity contribution is -0.129. The van der Waals surface area contributed by atoms with Gasteiger partial charge in [-0.2, -0.15) is 0 Å². The number of unbranched alkanes of at least 4 members (excludes halogenated alkanes) is 3. The zero-order chi connectivity index (χ0) is 21.9. The normalized spacial score (nSPS) is 10.4. The van der Waals surface area contributed by atoms with Crippen molar-refractivity contribution in [2.24, 2.45) is 0 Å². The van der Waals surface area contributed by atoms with Crippen molar-refractivity contribution in [1.82, 2.24) is 5.48 Å². The van der Waals surface area contributed by atoms with Gasteiger partial charge in [0, 0.05) is 23.7 Å². The van der Waals surface area contributed by atoms with E-state index in [1.807, 2.05) is 12.1 Å². The lowest BCUT2D eigenvalue weighted by Crippen LogP contribution is -2.36. The number of ether oxygens (including phenoxy) is 1. The van der Waals surface area contributed by atoms with Crippen LogP contribution in [-0.2, 0) is 4.79 Å². The van der Waals surface area contributed by atoms with E-state index in [0.717, 1.165) is 24.9 Å². The molecule has 0 fully saturated rings. The Labute approximate surface area is 185 Å². The first-order valence-corrected chi connectivity index (χ1v) is 10.3. The Bertz CT molecular complexity index is 847. The highest BCUT2D eigenvalue weighted by Gasteiger charge is 2.17. The fourth-order valence-electron chi connectivity index (χ4n) is 2.85. The monoisotopic (exact) mass is 453 g/mol. The fraction of sp³-hybridized carbons (Fsp3) is 0.333. The highest BCUT2D eigenvalue weighted by Crippen LogP contribution is 2.27. The van der Waals surface area contributed by atoms with E-state index in [4.69, 9.17) is 33.1 Å². The fourth-order valence-corrected chi connectivity index (χ4v) is 3.30. The molecule has 2 rings (SSSR count). The van der Waals surface area contributed by atoms with Crippen LogP contribution in [0.4, 0.5) is 16.2 Å². The Morgan fingerprint density at radius 1 is 1.03 bits per heavy atom. The third-order valence-corrected chi connectivity index (χ3v) is 5.01. The van der Waals surface area contributed by atoms with Gasteiger partial charge in [0.15, 0.2) is 0 Å². The van der Waals surface area contributed by atoms with Crippen molar-refractivity contribution in [1.29, 1.82) is 0 Å². The molecule has 3 amide bonds. The van der Waals surface area contributed by atoms with E-state index in [0.29, 0.717) is 34.4 Å². The molecule has 0 aliphatic heterocycles. The smallest absolute Gasteiger partial charge is 0.326 e. The van der Waals surface area contributed by atoms with Crippen LogP contribution in [0.25, 0.3) is 0 Å². The molecule has 9 heteroatoms. The predicted octanol–water partition coefficient (Wildman–Crippen LogP) is 5.50. The Hall–Kier alpha value is -2.48. The molecule has 0 aliphatic carbocycles. The van der Waals surface area contributed by atoms with Crippen LogP contribution < -0.4 is 20.4 Å². The minimum absolute atomic E-state index is 0.272. The molecule has 2 aromatic carbocycles. The van der Waals surface area contributed by atoms with Gasteiger partial charge in [-0.15, -0.1) is 0 Å². The molecule has 0 saturated carbocycles. The van der Waals surface area contributed by atoms with Crippen LogP contribution in [0.2, 0.25) is 10.0 Å². The molecule has 0 saturated heterocycles. The van der Waals surface area contributed by atoms with Crippen LogP contribution in [0.1, 0.15) is 32.1 Å². The zero-order valence-electron chi connectivity index (χ0n) is 16.7. The molecule has 0 aliphatic rings. The standard InChI is InChI=1S/C21H25Cl2N3O4/c1-30-17-10-8-16(9-11-17)26(13-5-3-2-4-6-20(27)25-29)21(28)24-19-12-7-15(22)14-18(19)23/h7-12,14,29H,2-6,13H2,1H3,(H,24,28)(H,25,27). The Kier molecular flexibility index (Phi) is 9.73. The van der Waals surface area contributed by atoms with Crippen molar-refractivity contribution in [2.45, 2.75) is 32.1 Å². The van der Waals surface area contributed by atoms with Gasteiger partial charge >= 0.3 is 6.03 Å². The molecule has 0 spiro atoms. The first kappa shape index (κ1) is 23.8. The van der Waals surface area contributed by atoms with Crippen LogP contribution in [0.3, 0.4) is 0 Å². The highest BCUT2D eigenvalue weighted by atomic mass is 35.5. The van der Waals surface area contributed by atoms with Crippen LogP contribution in [0.5, 0.6) is 5.75 Å². The van der Waals surface area contributed by atoms with E-state index in [1.165, 1.54) is 0 Å². The maximum atomic E-state index is 13.0. The molecule has 7 nitrogen and oxygen atoms in total.